The van der Waals surface area contributed by atoms with Gasteiger partial charge in [-0.1, -0.05) is 6.07 Å². The summed E-state index contributed by atoms with van der Waals surface area (Å²) in [5.41, 5.74) is 0.0526. The smallest absolute Gasteiger partial charge is 0.354 e. The van der Waals surface area contributed by atoms with Gasteiger partial charge in [0.2, 0.25) is 0 Å². The summed E-state index contributed by atoms with van der Waals surface area (Å²) in [4.78, 5) is 16.5. The van der Waals surface area contributed by atoms with Crippen LogP contribution in [0.2, 0.25) is 0 Å². The molecule has 82 valence electrons. The van der Waals surface area contributed by atoms with Crippen LogP contribution >= 0.6 is 0 Å². The van der Waals surface area contributed by atoms with Gasteiger partial charge in [-0.3, -0.25) is 0 Å². The van der Waals surface area contributed by atoms with E-state index in [2.05, 4.69) is 4.98 Å². The average Bonchev–Trinajstić information content (AvgIpc) is 2.26. The first-order valence-corrected chi connectivity index (χ1v) is 4.55. The first-order chi connectivity index (χ1) is 7.15. The van der Waals surface area contributed by atoms with Crippen LogP contribution in [0.25, 0.3) is 0 Å². The normalized spacial score (nSPS) is 10.0. The Bertz CT molecular complexity index is 341. The van der Waals surface area contributed by atoms with E-state index in [9.17, 15) is 4.79 Å². The molecule has 1 aromatic heterocycles. The van der Waals surface area contributed by atoms with Gasteiger partial charge >= 0.3 is 5.97 Å². The second kappa shape index (κ2) is 5.31. The quantitative estimate of drug-likeness (QED) is 0.781. The topological polar surface area (TPSA) is 62.7 Å². The largest absolute Gasteiger partial charge is 0.477 e. The van der Waals surface area contributed by atoms with Crippen molar-refractivity contribution >= 4 is 11.8 Å². The molecule has 0 amide bonds. The van der Waals surface area contributed by atoms with E-state index in [4.69, 9.17) is 9.84 Å². The molecule has 1 aromatic rings. The van der Waals surface area contributed by atoms with Gasteiger partial charge in [0, 0.05) is 20.7 Å². The third-order valence-electron chi connectivity index (χ3n) is 1.98. The highest BCUT2D eigenvalue weighted by molar-refractivity contribution is 5.85. The predicted octanol–water partition coefficient (Wildman–Crippen LogP) is 0.862. The monoisotopic (exact) mass is 210 g/mol. The molecule has 0 atom stereocenters. The number of anilines is 1. The number of hydrogen-bond acceptors (Lipinski definition) is 4. The van der Waals surface area contributed by atoms with Crippen molar-refractivity contribution in [3.8, 4) is 0 Å². The molecule has 15 heavy (non-hydrogen) atoms. The number of hydrogen-bond donors (Lipinski definition) is 1. The van der Waals surface area contributed by atoms with Gasteiger partial charge in [0.25, 0.3) is 0 Å². The van der Waals surface area contributed by atoms with E-state index in [1.165, 1.54) is 6.07 Å². The van der Waals surface area contributed by atoms with Crippen LogP contribution in [-0.4, -0.2) is 43.4 Å². The van der Waals surface area contributed by atoms with Gasteiger partial charge in [-0.2, -0.15) is 0 Å². The zero-order valence-electron chi connectivity index (χ0n) is 8.80. The van der Waals surface area contributed by atoms with Gasteiger partial charge in [-0.15, -0.1) is 0 Å². The lowest BCUT2D eigenvalue weighted by atomic mass is 10.3. The molecule has 0 radical (unpaired) electrons. The average molecular weight is 210 g/mol. The molecule has 1 heterocycles. The van der Waals surface area contributed by atoms with E-state index in [0.29, 0.717) is 19.0 Å². The Morgan fingerprint density at radius 2 is 2.33 bits per heavy atom. The first-order valence-electron chi connectivity index (χ1n) is 4.55. The summed E-state index contributed by atoms with van der Waals surface area (Å²) in [6.45, 7) is 1.25. The van der Waals surface area contributed by atoms with Crippen molar-refractivity contribution in [2.45, 2.75) is 0 Å². The molecule has 0 aliphatic rings. The Hall–Kier alpha value is -1.62. The number of aromatic nitrogens is 1. The number of aromatic carboxylic acids is 1. The van der Waals surface area contributed by atoms with Crippen LogP contribution in [-0.2, 0) is 4.74 Å². The molecule has 5 heteroatoms. The van der Waals surface area contributed by atoms with E-state index >= 15 is 0 Å². The molecule has 0 saturated carbocycles. The van der Waals surface area contributed by atoms with Gasteiger partial charge < -0.3 is 14.7 Å². The van der Waals surface area contributed by atoms with Crippen LogP contribution in [0.4, 0.5) is 5.82 Å². The summed E-state index contributed by atoms with van der Waals surface area (Å²) in [6, 6.07) is 4.91. The molecule has 0 aliphatic heterocycles. The second-order valence-corrected chi connectivity index (χ2v) is 3.10. The molecule has 0 aromatic carbocycles. The summed E-state index contributed by atoms with van der Waals surface area (Å²) in [5.74, 6) is -0.385. The lowest BCUT2D eigenvalue weighted by Crippen LogP contribution is -2.23. The minimum absolute atomic E-state index is 0.0526. The molecule has 5 nitrogen and oxygen atoms in total. The van der Waals surface area contributed by atoms with Gasteiger partial charge in [0.15, 0.2) is 5.69 Å². The fourth-order valence-corrected chi connectivity index (χ4v) is 1.10. The fraction of sp³-hybridized carbons (Fsp3) is 0.400. The zero-order chi connectivity index (χ0) is 11.3. The van der Waals surface area contributed by atoms with E-state index in [-0.39, 0.29) is 5.69 Å². The Balaban J connectivity index is 2.76. The molecular weight excluding hydrogens is 196 g/mol. The molecule has 1 rings (SSSR count). The maximum absolute atomic E-state index is 10.7. The van der Waals surface area contributed by atoms with Crippen LogP contribution in [0.15, 0.2) is 18.2 Å². The Kier molecular flexibility index (Phi) is 4.05. The van der Waals surface area contributed by atoms with Crippen molar-refractivity contribution in [3.63, 3.8) is 0 Å². The van der Waals surface area contributed by atoms with Gasteiger partial charge in [0.05, 0.1) is 6.61 Å². The Morgan fingerprint density at radius 1 is 1.60 bits per heavy atom. The highest BCUT2D eigenvalue weighted by Crippen LogP contribution is 2.09. The summed E-state index contributed by atoms with van der Waals surface area (Å²) in [6.07, 6.45) is 0. The van der Waals surface area contributed by atoms with Crippen LogP contribution in [0.5, 0.6) is 0 Å². The lowest BCUT2D eigenvalue weighted by molar-refractivity contribution is 0.0690. The zero-order valence-corrected chi connectivity index (χ0v) is 8.80. The van der Waals surface area contributed by atoms with Crippen molar-refractivity contribution in [2.24, 2.45) is 0 Å². The number of ether oxygens (including phenoxy) is 1. The molecule has 0 fully saturated rings. The Labute approximate surface area is 88.3 Å². The summed E-state index contributed by atoms with van der Waals surface area (Å²) in [7, 11) is 3.46. The van der Waals surface area contributed by atoms with E-state index in [0.717, 1.165) is 0 Å². The number of carboxylic acids is 1. The van der Waals surface area contributed by atoms with Crippen LogP contribution in [0.1, 0.15) is 10.5 Å². The summed E-state index contributed by atoms with van der Waals surface area (Å²) < 4.78 is 4.93. The standard InChI is InChI=1S/C10H14N2O3/c1-12(6-7-15-2)9-5-3-4-8(11-9)10(13)14/h3-5H,6-7H2,1-2H3,(H,13,14). The third-order valence-corrected chi connectivity index (χ3v) is 1.98. The minimum Gasteiger partial charge on any atom is -0.477 e. The van der Waals surface area contributed by atoms with Crippen molar-refractivity contribution in [2.75, 3.05) is 32.2 Å². The van der Waals surface area contributed by atoms with Crippen molar-refractivity contribution in [3.05, 3.63) is 23.9 Å². The van der Waals surface area contributed by atoms with Gasteiger partial charge in [-0.25, -0.2) is 9.78 Å². The third kappa shape index (κ3) is 3.21. The number of likely N-dealkylation sites (N-methyl/N-ethyl adjacent to an activating group) is 1. The van der Waals surface area contributed by atoms with E-state index < -0.39 is 5.97 Å². The Morgan fingerprint density at radius 3 is 2.93 bits per heavy atom. The second-order valence-electron chi connectivity index (χ2n) is 3.10. The highest BCUT2D eigenvalue weighted by Gasteiger charge is 2.07. The van der Waals surface area contributed by atoms with Crippen LogP contribution in [0, 0.1) is 0 Å². The number of nitrogens with zero attached hydrogens (tertiary/aromatic N) is 2. The number of carboxylic acid groups (broad SMARTS) is 1. The number of pyridine rings is 1. The maximum atomic E-state index is 10.7. The number of methoxy groups -OCH3 is 1. The molecule has 0 unspecified atom stereocenters. The molecular formula is C10H14N2O3. The summed E-state index contributed by atoms with van der Waals surface area (Å²) >= 11 is 0. The predicted molar refractivity (Wildman–Crippen MR) is 56.3 cm³/mol. The van der Waals surface area contributed by atoms with Gasteiger partial charge in [0.1, 0.15) is 5.82 Å². The SMILES string of the molecule is COCCN(C)c1cccc(C(=O)O)n1. The highest BCUT2D eigenvalue weighted by atomic mass is 16.5. The molecule has 0 spiro atoms. The molecule has 0 saturated heterocycles. The van der Waals surface area contributed by atoms with Crippen molar-refractivity contribution in [1.82, 2.24) is 4.98 Å². The van der Waals surface area contributed by atoms with E-state index in [1.54, 1.807) is 19.2 Å². The molecule has 0 aliphatic carbocycles. The van der Waals surface area contributed by atoms with Crippen molar-refractivity contribution < 1.29 is 14.6 Å². The van der Waals surface area contributed by atoms with Crippen molar-refractivity contribution in [1.29, 1.82) is 0 Å². The lowest BCUT2D eigenvalue weighted by Gasteiger charge is -2.17. The minimum atomic E-state index is -1.02. The van der Waals surface area contributed by atoms with Crippen LogP contribution < -0.4 is 4.90 Å². The van der Waals surface area contributed by atoms with Gasteiger partial charge in [-0.05, 0) is 12.1 Å². The van der Waals surface area contributed by atoms with Crippen LogP contribution in [0.3, 0.4) is 0 Å². The molecule has 1 N–H and O–H groups in total. The number of rotatable bonds is 5. The molecule has 0 bridgehead atoms. The maximum Gasteiger partial charge on any atom is 0.354 e. The first kappa shape index (κ1) is 11.5. The van der Waals surface area contributed by atoms with E-state index in [1.807, 2.05) is 11.9 Å². The number of carbonyl (C=O) groups is 1. The summed E-state index contributed by atoms with van der Waals surface area (Å²) in [5, 5.41) is 8.76. The fourth-order valence-electron chi connectivity index (χ4n) is 1.10.